The monoisotopic (exact) mass is 219 g/mol. The fourth-order valence-corrected chi connectivity index (χ4v) is 3.16. The summed E-state index contributed by atoms with van der Waals surface area (Å²) in [6.07, 6.45) is 12.4. The minimum absolute atomic E-state index is 0.255. The molecule has 1 aliphatic heterocycles. The predicted molar refractivity (Wildman–Crippen MR) is 64.1 cm³/mol. The maximum absolute atomic E-state index is 4.35. The van der Waals surface area contributed by atoms with Crippen LogP contribution in [-0.4, -0.2) is 16.3 Å². The zero-order valence-corrected chi connectivity index (χ0v) is 10.1. The molecule has 2 heterocycles. The van der Waals surface area contributed by atoms with Crippen LogP contribution in [0.5, 0.6) is 0 Å². The second-order valence-electron chi connectivity index (χ2n) is 5.39. The number of nitrogens with zero attached hydrogens (tertiary/aromatic N) is 2. The smallest absolute Gasteiger partial charge is 0.0540 e. The van der Waals surface area contributed by atoms with Gasteiger partial charge in [-0.15, -0.1) is 0 Å². The molecular formula is C13H21N3. The first-order valence-corrected chi connectivity index (χ1v) is 6.55. The number of aryl methyl sites for hydroxylation is 1. The molecule has 0 aromatic carbocycles. The highest BCUT2D eigenvalue weighted by atomic mass is 15.2. The Kier molecular flexibility index (Phi) is 2.51. The Labute approximate surface area is 97.2 Å². The average Bonchev–Trinajstić information content (AvgIpc) is 3.06. The molecule has 1 unspecified atom stereocenters. The lowest BCUT2D eigenvalue weighted by atomic mass is 9.83. The van der Waals surface area contributed by atoms with Gasteiger partial charge in [0.1, 0.15) is 0 Å². The van der Waals surface area contributed by atoms with Crippen LogP contribution in [0.15, 0.2) is 12.4 Å². The van der Waals surface area contributed by atoms with Crippen molar-refractivity contribution in [3.8, 4) is 0 Å². The van der Waals surface area contributed by atoms with E-state index in [1.54, 1.807) is 0 Å². The highest BCUT2D eigenvalue weighted by Gasteiger charge is 2.46. The van der Waals surface area contributed by atoms with Gasteiger partial charge in [-0.05, 0) is 38.1 Å². The van der Waals surface area contributed by atoms with Gasteiger partial charge in [-0.3, -0.25) is 4.68 Å². The lowest BCUT2D eigenvalue weighted by Gasteiger charge is -2.33. The van der Waals surface area contributed by atoms with Crippen molar-refractivity contribution in [1.29, 1.82) is 0 Å². The van der Waals surface area contributed by atoms with Gasteiger partial charge in [0.2, 0.25) is 0 Å². The Morgan fingerprint density at radius 3 is 2.94 bits per heavy atom. The van der Waals surface area contributed by atoms with E-state index in [0.717, 1.165) is 5.92 Å². The van der Waals surface area contributed by atoms with E-state index in [2.05, 4.69) is 22.8 Å². The molecule has 1 aromatic rings. The molecule has 1 saturated carbocycles. The number of nitrogens with one attached hydrogen (secondary N) is 1. The minimum Gasteiger partial charge on any atom is -0.307 e. The zero-order valence-electron chi connectivity index (χ0n) is 10.1. The Morgan fingerprint density at radius 1 is 1.38 bits per heavy atom. The summed E-state index contributed by atoms with van der Waals surface area (Å²) in [5.74, 6) is 0.856. The van der Waals surface area contributed by atoms with Gasteiger partial charge in [0.15, 0.2) is 0 Å². The Hall–Kier alpha value is -0.830. The molecule has 1 aromatic heterocycles. The molecule has 1 aliphatic carbocycles. The van der Waals surface area contributed by atoms with E-state index in [-0.39, 0.29) is 5.54 Å². The van der Waals surface area contributed by atoms with Gasteiger partial charge < -0.3 is 5.32 Å². The summed E-state index contributed by atoms with van der Waals surface area (Å²) < 4.78 is 1.94. The molecule has 2 fully saturated rings. The third-order valence-corrected chi connectivity index (χ3v) is 4.18. The van der Waals surface area contributed by atoms with Crippen LogP contribution in [0.3, 0.4) is 0 Å². The number of hydrogen-bond donors (Lipinski definition) is 1. The van der Waals surface area contributed by atoms with E-state index < -0.39 is 0 Å². The third kappa shape index (κ3) is 1.67. The molecule has 0 bridgehead atoms. The first-order valence-electron chi connectivity index (χ1n) is 6.55. The van der Waals surface area contributed by atoms with Crippen LogP contribution in [0, 0.1) is 5.92 Å². The SMILES string of the molecule is Cn1cc(C2(C3CC3)CCCCCN2)cn1. The molecule has 0 radical (unpaired) electrons. The van der Waals surface area contributed by atoms with Crippen LogP contribution in [0.2, 0.25) is 0 Å². The predicted octanol–water partition coefficient (Wildman–Crippen LogP) is 2.19. The minimum atomic E-state index is 0.255. The first-order chi connectivity index (χ1) is 7.81. The van der Waals surface area contributed by atoms with Gasteiger partial charge in [-0.2, -0.15) is 5.10 Å². The van der Waals surface area contributed by atoms with Gasteiger partial charge in [-0.25, -0.2) is 0 Å². The van der Waals surface area contributed by atoms with E-state index in [1.807, 2.05) is 11.7 Å². The van der Waals surface area contributed by atoms with E-state index in [1.165, 1.54) is 50.6 Å². The molecule has 3 rings (SSSR count). The highest BCUT2D eigenvalue weighted by molar-refractivity contribution is 5.23. The zero-order chi connectivity index (χ0) is 11.0. The van der Waals surface area contributed by atoms with Crippen LogP contribution in [0.4, 0.5) is 0 Å². The van der Waals surface area contributed by atoms with Crippen LogP contribution < -0.4 is 5.32 Å². The van der Waals surface area contributed by atoms with Crippen LogP contribution >= 0.6 is 0 Å². The second-order valence-corrected chi connectivity index (χ2v) is 5.39. The molecule has 0 spiro atoms. The van der Waals surface area contributed by atoms with Gasteiger partial charge >= 0.3 is 0 Å². The highest BCUT2D eigenvalue weighted by Crippen LogP contribution is 2.49. The van der Waals surface area contributed by atoms with Crippen molar-refractivity contribution in [2.75, 3.05) is 6.54 Å². The third-order valence-electron chi connectivity index (χ3n) is 4.18. The van der Waals surface area contributed by atoms with E-state index in [0.29, 0.717) is 0 Å². The van der Waals surface area contributed by atoms with Crippen molar-refractivity contribution >= 4 is 0 Å². The topological polar surface area (TPSA) is 29.9 Å². The second kappa shape index (κ2) is 3.88. The Bertz CT molecular complexity index is 357. The molecule has 16 heavy (non-hydrogen) atoms. The first kappa shape index (κ1) is 10.3. The quantitative estimate of drug-likeness (QED) is 0.826. The van der Waals surface area contributed by atoms with Crippen molar-refractivity contribution in [3.63, 3.8) is 0 Å². The van der Waals surface area contributed by atoms with Crippen LogP contribution in [0.1, 0.15) is 44.1 Å². The van der Waals surface area contributed by atoms with Crippen molar-refractivity contribution in [3.05, 3.63) is 18.0 Å². The molecule has 1 atom stereocenters. The lowest BCUT2D eigenvalue weighted by molar-refractivity contribution is 0.279. The molecule has 3 nitrogen and oxygen atoms in total. The van der Waals surface area contributed by atoms with Gasteiger partial charge in [0, 0.05) is 24.3 Å². The summed E-state index contributed by atoms with van der Waals surface area (Å²) in [6, 6.07) is 0. The molecule has 1 N–H and O–H groups in total. The maximum atomic E-state index is 4.35. The molecule has 2 aliphatic rings. The summed E-state index contributed by atoms with van der Waals surface area (Å²) in [7, 11) is 2.01. The van der Waals surface area contributed by atoms with E-state index in [9.17, 15) is 0 Å². The number of rotatable bonds is 2. The van der Waals surface area contributed by atoms with E-state index in [4.69, 9.17) is 0 Å². The Balaban J connectivity index is 1.94. The maximum Gasteiger partial charge on any atom is 0.0540 e. The van der Waals surface area contributed by atoms with Gasteiger partial charge in [0.25, 0.3) is 0 Å². The van der Waals surface area contributed by atoms with Gasteiger partial charge in [-0.1, -0.05) is 12.8 Å². The summed E-state index contributed by atoms with van der Waals surface area (Å²) in [5, 5.41) is 8.19. The van der Waals surface area contributed by atoms with Crippen molar-refractivity contribution in [1.82, 2.24) is 15.1 Å². The van der Waals surface area contributed by atoms with Crippen molar-refractivity contribution < 1.29 is 0 Å². The number of hydrogen-bond acceptors (Lipinski definition) is 2. The van der Waals surface area contributed by atoms with E-state index >= 15 is 0 Å². The summed E-state index contributed by atoms with van der Waals surface area (Å²) >= 11 is 0. The van der Waals surface area contributed by atoms with Crippen molar-refractivity contribution in [2.24, 2.45) is 13.0 Å². The average molecular weight is 219 g/mol. The Morgan fingerprint density at radius 2 is 2.25 bits per heavy atom. The lowest BCUT2D eigenvalue weighted by Crippen LogP contribution is -2.43. The molecule has 0 amide bonds. The molecule has 1 saturated heterocycles. The molecule has 3 heteroatoms. The fraction of sp³-hybridized carbons (Fsp3) is 0.769. The van der Waals surface area contributed by atoms with Gasteiger partial charge in [0.05, 0.1) is 6.20 Å². The summed E-state index contributed by atoms with van der Waals surface area (Å²) in [4.78, 5) is 0. The summed E-state index contributed by atoms with van der Waals surface area (Å²) in [5.41, 5.74) is 1.67. The van der Waals surface area contributed by atoms with Crippen molar-refractivity contribution in [2.45, 2.75) is 44.1 Å². The van der Waals surface area contributed by atoms with Crippen LogP contribution in [0.25, 0.3) is 0 Å². The summed E-state index contributed by atoms with van der Waals surface area (Å²) in [6.45, 7) is 1.17. The molecule has 88 valence electrons. The normalized spacial score (nSPS) is 31.3. The molecular weight excluding hydrogens is 198 g/mol. The largest absolute Gasteiger partial charge is 0.307 e. The van der Waals surface area contributed by atoms with Crippen LogP contribution in [-0.2, 0) is 12.6 Å². The number of aromatic nitrogens is 2. The fourth-order valence-electron chi connectivity index (χ4n) is 3.16. The standard InChI is InChI=1S/C13H21N3/c1-16-10-12(9-15-16)13(11-5-6-11)7-3-2-4-8-14-13/h9-11,14H,2-8H2,1H3.